The lowest BCUT2D eigenvalue weighted by Crippen LogP contribution is -2.49. The molecular formula is C15H22BrNO3. The molecule has 0 aromatic heterocycles. The Morgan fingerprint density at radius 3 is 1.95 bits per heavy atom. The third-order valence-corrected chi connectivity index (χ3v) is 2.71. The van der Waals surface area contributed by atoms with Crippen molar-refractivity contribution in [2.24, 2.45) is 0 Å². The predicted octanol–water partition coefficient (Wildman–Crippen LogP) is 4.78. The number of hydroxylamine groups is 2. The molecule has 5 heteroatoms. The number of benzene rings is 1. The molecule has 0 aliphatic heterocycles. The van der Waals surface area contributed by atoms with Gasteiger partial charge in [0.15, 0.2) is 5.75 Å². The number of carbonyl (C=O) groups is 1. The molecule has 0 aliphatic carbocycles. The number of hydrogen-bond donors (Lipinski definition) is 0. The molecule has 1 aromatic rings. The van der Waals surface area contributed by atoms with Gasteiger partial charge in [0.2, 0.25) is 0 Å². The molecule has 1 rings (SSSR count). The van der Waals surface area contributed by atoms with Crippen molar-refractivity contribution in [1.82, 2.24) is 5.06 Å². The van der Waals surface area contributed by atoms with E-state index in [4.69, 9.17) is 9.57 Å². The minimum absolute atomic E-state index is 0.507. The predicted molar refractivity (Wildman–Crippen MR) is 82.6 cm³/mol. The molecule has 1 amide bonds. The first kappa shape index (κ1) is 16.8. The minimum atomic E-state index is -0.566. The van der Waals surface area contributed by atoms with Gasteiger partial charge in [0.05, 0.1) is 5.54 Å². The zero-order valence-corrected chi connectivity index (χ0v) is 14.4. The van der Waals surface area contributed by atoms with Gasteiger partial charge in [-0.25, -0.2) is 4.79 Å². The quantitative estimate of drug-likeness (QED) is 0.725. The number of hydrogen-bond acceptors (Lipinski definition) is 3. The lowest BCUT2D eigenvalue weighted by molar-refractivity contribution is -0.119. The van der Waals surface area contributed by atoms with Crippen molar-refractivity contribution >= 4 is 22.0 Å². The maximum absolute atomic E-state index is 12.2. The van der Waals surface area contributed by atoms with Crippen LogP contribution in [0.3, 0.4) is 0 Å². The zero-order chi connectivity index (χ0) is 15.6. The van der Waals surface area contributed by atoms with Gasteiger partial charge >= 0.3 is 6.09 Å². The van der Waals surface area contributed by atoms with E-state index in [0.29, 0.717) is 5.75 Å². The zero-order valence-electron chi connectivity index (χ0n) is 12.9. The van der Waals surface area contributed by atoms with Crippen LogP contribution in [0.15, 0.2) is 28.7 Å². The van der Waals surface area contributed by atoms with Gasteiger partial charge in [-0.2, -0.15) is 0 Å². The van der Waals surface area contributed by atoms with E-state index in [1.165, 1.54) is 5.06 Å². The molecule has 1 aromatic carbocycles. The van der Waals surface area contributed by atoms with Crippen LogP contribution in [0.4, 0.5) is 4.79 Å². The Morgan fingerprint density at radius 2 is 1.55 bits per heavy atom. The van der Waals surface area contributed by atoms with E-state index in [9.17, 15) is 4.79 Å². The molecule has 0 saturated carbocycles. The Bertz CT molecular complexity index is 457. The molecule has 0 atom stereocenters. The summed E-state index contributed by atoms with van der Waals surface area (Å²) in [6, 6.07) is 7.27. The van der Waals surface area contributed by atoms with Crippen molar-refractivity contribution in [2.45, 2.75) is 52.7 Å². The summed E-state index contributed by atoms with van der Waals surface area (Å²) in [5.74, 6) is 0.578. The van der Waals surface area contributed by atoms with Gasteiger partial charge in [-0.1, -0.05) is 15.9 Å². The number of amides is 1. The van der Waals surface area contributed by atoms with Crippen LogP contribution in [0.2, 0.25) is 0 Å². The van der Waals surface area contributed by atoms with Crippen LogP contribution in [-0.2, 0) is 4.74 Å². The largest absolute Gasteiger partial charge is 0.444 e. The van der Waals surface area contributed by atoms with E-state index in [2.05, 4.69) is 15.9 Å². The van der Waals surface area contributed by atoms with Crippen molar-refractivity contribution in [3.63, 3.8) is 0 Å². The van der Waals surface area contributed by atoms with Gasteiger partial charge in [0.1, 0.15) is 5.60 Å². The van der Waals surface area contributed by atoms with Crippen molar-refractivity contribution in [3.8, 4) is 5.75 Å². The summed E-state index contributed by atoms with van der Waals surface area (Å²) in [4.78, 5) is 17.9. The van der Waals surface area contributed by atoms with E-state index in [-0.39, 0.29) is 0 Å². The van der Waals surface area contributed by atoms with Crippen LogP contribution in [0, 0.1) is 0 Å². The summed E-state index contributed by atoms with van der Waals surface area (Å²) in [5, 5.41) is 1.25. The summed E-state index contributed by atoms with van der Waals surface area (Å²) in [6.45, 7) is 11.1. The fraction of sp³-hybridized carbons (Fsp3) is 0.533. The average molecular weight is 344 g/mol. The summed E-state index contributed by atoms with van der Waals surface area (Å²) < 4.78 is 6.32. The van der Waals surface area contributed by atoms with Crippen LogP contribution < -0.4 is 4.84 Å². The number of ether oxygens (including phenoxy) is 1. The van der Waals surface area contributed by atoms with Gasteiger partial charge in [-0.15, -0.1) is 5.06 Å². The van der Waals surface area contributed by atoms with Gasteiger partial charge in [0.25, 0.3) is 0 Å². The fourth-order valence-corrected chi connectivity index (χ4v) is 1.62. The van der Waals surface area contributed by atoms with Crippen molar-refractivity contribution in [2.75, 3.05) is 0 Å². The number of halogens is 1. The highest BCUT2D eigenvalue weighted by atomic mass is 79.9. The Morgan fingerprint density at radius 1 is 1.05 bits per heavy atom. The number of nitrogens with zero attached hydrogens (tertiary/aromatic N) is 1. The van der Waals surface area contributed by atoms with E-state index in [0.717, 1.165) is 4.47 Å². The third kappa shape index (κ3) is 5.41. The molecule has 0 fully saturated rings. The van der Waals surface area contributed by atoms with Crippen molar-refractivity contribution in [3.05, 3.63) is 28.7 Å². The van der Waals surface area contributed by atoms with Crippen LogP contribution in [-0.4, -0.2) is 22.3 Å². The first-order valence-electron chi connectivity index (χ1n) is 6.46. The SMILES string of the molecule is CC(C)(C)OC(=O)N(Oc1ccc(Br)cc1)C(C)(C)C. The monoisotopic (exact) mass is 343 g/mol. The normalized spacial score (nSPS) is 11.9. The maximum Gasteiger partial charge on any atom is 0.444 e. The maximum atomic E-state index is 12.2. The van der Waals surface area contributed by atoms with Gasteiger partial charge in [0, 0.05) is 4.47 Å². The molecule has 0 spiro atoms. The van der Waals surface area contributed by atoms with E-state index in [1.807, 2.05) is 53.7 Å². The lowest BCUT2D eigenvalue weighted by Gasteiger charge is -2.35. The van der Waals surface area contributed by atoms with Crippen LogP contribution in [0.1, 0.15) is 41.5 Å². The minimum Gasteiger partial charge on any atom is -0.442 e. The molecule has 0 N–H and O–H groups in total. The standard InChI is InChI=1S/C15H22BrNO3/c1-14(2,3)17(13(18)19-15(4,5)6)20-12-9-7-11(16)8-10-12/h7-10H,1-6H3. The molecular weight excluding hydrogens is 322 g/mol. The molecule has 0 bridgehead atoms. The fourth-order valence-electron chi connectivity index (χ4n) is 1.35. The Labute approximate surface area is 129 Å². The first-order chi connectivity index (χ1) is 8.99. The topological polar surface area (TPSA) is 38.8 Å². The van der Waals surface area contributed by atoms with Crippen LogP contribution in [0.25, 0.3) is 0 Å². The third-order valence-electron chi connectivity index (χ3n) is 2.18. The molecule has 112 valence electrons. The summed E-state index contributed by atoms with van der Waals surface area (Å²) in [6.07, 6.45) is -0.507. The molecule has 0 aliphatic rings. The smallest absolute Gasteiger partial charge is 0.442 e. The Hall–Kier alpha value is -1.23. The first-order valence-corrected chi connectivity index (χ1v) is 7.25. The van der Waals surface area contributed by atoms with Crippen LogP contribution in [0.5, 0.6) is 5.75 Å². The molecule has 4 nitrogen and oxygen atoms in total. The van der Waals surface area contributed by atoms with Gasteiger partial charge < -0.3 is 9.57 Å². The van der Waals surface area contributed by atoms with E-state index in [1.54, 1.807) is 12.1 Å². The second kappa shape index (κ2) is 6.04. The van der Waals surface area contributed by atoms with Gasteiger partial charge in [-0.3, -0.25) is 0 Å². The highest BCUT2D eigenvalue weighted by Crippen LogP contribution is 2.23. The molecule has 0 unspecified atom stereocenters. The molecule has 20 heavy (non-hydrogen) atoms. The second-order valence-corrected chi connectivity index (χ2v) is 7.41. The Balaban J connectivity index is 2.91. The lowest BCUT2D eigenvalue weighted by atomic mass is 10.1. The van der Waals surface area contributed by atoms with Crippen molar-refractivity contribution in [1.29, 1.82) is 0 Å². The van der Waals surface area contributed by atoms with Gasteiger partial charge in [-0.05, 0) is 65.8 Å². The number of rotatable bonds is 2. The highest BCUT2D eigenvalue weighted by Gasteiger charge is 2.33. The number of carbonyl (C=O) groups excluding carboxylic acids is 1. The molecule has 0 radical (unpaired) electrons. The molecule has 0 heterocycles. The van der Waals surface area contributed by atoms with Crippen LogP contribution >= 0.6 is 15.9 Å². The van der Waals surface area contributed by atoms with E-state index >= 15 is 0 Å². The Kier molecular flexibility index (Phi) is 5.08. The summed E-state index contributed by atoms with van der Waals surface area (Å²) in [7, 11) is 0. The summed E-state index contributed by atoms with van der Waals surface area (Å²) >= 11 is 3.36. The highest BCUT2D eigenvalue weighted by molar-refractivity contribution is 9.10. The molecule has 0 saturated heterocycles. The van der Waals surface area contributed by atoms with E-state index < -0.39 is 17.2 Å². The van der Waals surface area contributed by atoms with Crippen molar-refractivity contribution < 1.29 is 14.4 Å². The summed E-state index contributed by atoms with van der Waals surface area (Å²) in [5.41, 5.74) is -1.08. The average Bonchev–Trinajstić information content (AvgIpc) is 2.24. The second-order valence-electron chi connectivity index (χ2n) is 6.49.